The van der Waals surface area contributed by atoms with Gasteiger partial charge in [0.1, 0.15) is 5.75 Å². The fourth-order valence-corrected chi connectivity index (χ4v) is 5.94. The van der Waals surface area contributed by atoms with Crippen molar-refractivity contribution in [1.29, 1.82) is 0 Å². The zero-order valence-electron chi connectivity index (χ0n) is 17.8. The summed E-state index contributed by atoms with van der Waals surface area (Å²) in [6.07, 6.45) is 0.554. The number of hydrogen-bond donors (Lipinski definition) is 2. The molecule has 3 aromatic rings. The van der Waals surface area contributed by atoms with E-state index in [4.69, 9.17) is 4.74 Å². The van der Waals surface area contributed by atoms with Crippen LogP contribution < -0.4 is 4.74 Å². The zero-order valence-corrected chi connectivity index (χ0v) is 17.8. The number of ether oxygens (including phenoxy) is 1. The molecular formula is C25H26F2N2O3. The number of aromatic carboxylic acids is 1. The first-order valence-electron chi connectivity index (χ1n) is 10.9. The topological polar surface area (TPSA) is 65.6 Å². The summed E-state index contributed by atoms with van der Waals surface area (Å²) in [4.78, 5) is 17.2. The number of halogens is 2. The second-order valence-corrected chi connectivity index (χ2v) is 8.95. The highest BCUT2D eigenvalue weighted by Crippen LogP contribution is 2.53. The molecule has 2 fully saturated rings. The van der Waals surface area contributed by atoms with Crippen molar-refractivity contribution in [2.24, 2.45) is 17.8 Å². The van der Waals surface area contributed by atoms with Crippen LogP contribution >= 0.6 is 0 Å². The lowest BCUT2D eigenvalue weighted by Gasteiger charge is -2.30. The highest BCUT2D eigenvalue weighted by Gasteiger charge is 2.49. The summed E-state index contributed by atoms with van der Waals surface area (Å²) in [6, 6.07) is 13.6. The Hall–Kier alpha value is -2.93. The molecular weight excluding hydrogens is 414 g/mol. The first-order chi connectivity index (χ1) is 15.5. The van der Waals surface area contributed by atoms with Gasteiger partial charge in [0.2, 0.25) is 6.43 Å². The number of benzene rings is 2. The maximum atomic E-state index is 13.5. The fourth-order valence-electron chi connectivity index (χ4n) is 5.94. The molecule has 2 aromatic carbocycles. The summed E-state index contributed by atoms with van der Waals surface area (Å²) in [5, 5.41) is 10.4. The number of hydrogen-bond acceptors (Lipinski definition) is 3. The molecule has 1 saturated heterocycles. The van der Waals surface area contributed by atoms with Gasteiger partial charge in [-0.05, 0) is 42.4 Å². The molecule has 1 saturated carbocycles. The number of carboxylic acid groups (broad SMARTS) is 1. The number of carboxylic acids is 1. The largest absolute Gasteiger partial charge is 0.496 e. The van der Waals surface area contributed by atoms with Crippen molar-refractivity contribution in [1.82, 2.24) is 9.88 Å². The van der Waals surface area contributed by atoms with Crippen LogP contribution in [0.25, 0.3) is 10.9 Å². The van der Waals surface area contributed by atoms with Crippen molar-refractivity contribution in [3.63, 3.8) is 0 Å². The van der Waals surface area contributed by atoms with E-state index in [1.165, 1.54) is 0 Å². The van der Waals surface area contributed by atoms with Crippen molar-refractivity contribution in [2.45, 2.75) is 31.9 Å². The lowest BCUT2D eigenvalue weighted by molar-refractivity contribution is 0.0687. The average molecular weight is 440 g/mol. The number of aromatic nitrogens is 1. The van der Waals surface area contributed by atoms with Crippen LogP contribution in [-0.4, -0.2) is 41.0 Å². The third kappa shape index (κ3) is 3.45. The van der Waals surface area contributed by atoms with Crippen molar-refractivity contribution >= 4 is 16.9 Å². The average Bonchev–Trinajstić information content (AvgIpc) is 3.48. The molecule has 0 radical (unpaired) electrons. The number of fused-ring (bicyclic) bond motifs is 2. The standard InChI is InChI=1S/C25H26F2N2O3/c1-32-21-11-19(25(30)31)22-17(7-8-28-22)20(21)13-29-12-16-9-15(24(26)27)10-18(16)23(29)14-5-3-2-4-6-14/h2-8,11,15-16,18,23-24,28H,9-10,12-13H2,1H3,(H,30,31). The summed E-state index contributed by atoms with van der Waals surface area (Å²) >= 11 is 0. The molecule has 168 valence electrons. The van der Waals surface area contributed by atoms with Gasteiger partial charge in [-0.15, -0.1) is 0 Å². The Bertz CT molecular complexity index is 1130. The number of H-pyrrole nitrogens is 1. The van der Waals surface area contributed by atoms with Crippen LogP contribution in [0.4, 0.5) is 8.78 Å². The molecule has 1 aliphatic carbocycles. The Morgan fingerprint density at radius 1 is 1.25 bits per heavy atom. The van der Waals surface area contributed by atoms with E-state index in [-0.39, 0.29) is 23.4 Å². The summed E-state index contributed by atoms with van der Waals surface area (Å²) in [6.45, 7) is 1.30. The number of likely N-dealkylation sites (tertiary alicyclic amines) is 1. The SMILES string of the molecule is COc1cc(C(=O)O)c2[nH]ccc2c1CN1CC2CC(C(F)F)CC2C1c1ccccc1. The molecule has 2 heterocycles. The monoisotopic (exact) mass is 440 g/mol. The van der Waals surface area contributed by atoms with E-state index >= 15 is 0 Å². The van der Waals surface area contributed by atoms with E-state index in [9.17, 15) is 18.7 Å². The number of aromatic amines is 1. The molecule has 2 N–H and O–H groups in total. The number of nitrogens with zero attached hydrogens (tertiary/aromatic N) is 1. The molecule has 4 unspecified atom stereocenters. The molecule has 0 spiro atoms. The maximum absolute atomic E-state index is 13.5. The summed E-state index contributed by atoms with van der Waals surface area (Å²) < 4.78 is 32.6. The van der Waals surface area contributed by atoms with Crippen LogP contribution in [0.3, 0.4) is 0 Å². The smallest absolute Gasteiger partial charge is 0.337 e. The second-order valence-electron chi connectivity index (χ2n) is 8.95. The second kappa shape index (κ2) is 8.20. The van der Waals surface area contributed by atoms with Gasteiger partial charge in [0.15, 0.2) is 0 Å². The molecule has 1 aliphatic heterocycles. The van der Waals surface area contributed by atoms with E-state index in [2.05, 4.69) is 22.0 Å². The van der Waals surface area contributed by atoms with E-state index in [1.807, 2.05) is 24.3 Å². The lowest BCUT2D eigenvalue weighted by Crippen LogP contribution is -2.27. The lowest BCUT2D eigenvalue weighted by atomic mass is 9.89. The third-order valence-corrected chi connectivity index (χ3v) is 7.28. The molecule has 5 rings (SSSR count). The van der Waals surface area contributed by atoms with Gasteiger partial charge in [0, 0.05) is 42.2 Å². The zero-order chi connectivity index (χ0) is 22.4. The Balaban J connectivity index is 1.54. The molecule has 0 amide bonds. The number of nitrogens with one attached hydrogen (secondary N) is 1. The van der Waals surface area contributed by atoms with Gasteiger partial charge in [-0.3, -0.25) is 4.90 Å². The Labute approximate surface area is 185 Å². The summed E-state index contributed by atoms with van der Waals surface area (Å²) in [7, 11) is 1.55. The molecule has 5 nitrogen and oxygen atoms in total. The van der Waals surface area contributed by atoms with Gasteiger partial charge >= 0.3 is 5.97 Å². The van der Waals surface area contributed by atoms with Gasteiger partial charge in [-0.25, -0.2) is 13.6 Å². The summed E-state index contributed by atoms with van der Waals surface area (Å²) in [5.41, 5.74) is 2.80. The number of alkyl halides is 2. The van der Waals surface area contributed by atoms with Crippen LogP contribution in [0.2, 0.25) is 0 Å². The van der Waals surface area contributed by atoms with Crippen LogP contribution in [0.15, 0.2) is 48.7 Å². The minimum atomic E-state index is -2.27. The van der Waals surface area contributed by atoms with Crippen molar-refractivity contribution in [2.75, 3.05) is 13.7 Å². The van der Waals surface area contributed by atoms with Gasteiger partial charge in [-0.1, -0.05) is 30.3 Å². The Morgan fingerprint density at radius 3 is 2.72 bits per heavy atom. The highest BCUT2D eigenvalue weighted by molar-refractivity contribution is 6.04. The quantitative estimate of drug-likeness (QED) is 0.543. The number of methoxy groups -OCH3 is 1. The van der Waals surface area contributed by atoms with E-state index in [0.717, 1.165) is 23.1 Å². The van der Waals surface area contributed by atoms with Crippen LogP contribution in [0.1, 0.15) is 40.4 Å². The predicted octanol–water partition coefficient (Wildman–Crippen LogP) is 5.34. The highest BCUT2D eigenvalue weighted by atomic mass is 19.3. The molecule has 7 heteroatoms. The van der Waals surface area contributed by atoms with E-state index < -0.39 is 18.3 Å². The molecule has 32 heavy (non-hydrogen) atoms. The van der Waals surface area contributed by atoms with Gasteiger partial charge in [-0.2, -0.15) is 0 Å². The fraction of sp³-hybridized carbons (Fsp3) is 0.400. The van der Waals surface area contributed by atoms with Crippen LogP contribution in [-0.2, 0) is 6.54 Å². The molecule has 2 aliphatic rings. The Morgan fingerprint density at radius 2 is 2.03 bits per heavy atom. The van der Waals surface area contributed by atoms with Crippen molar-refractivity contribution < 1.29 is 23.4 Å². The van der Waals surface area contributed by atoms with Crippen molar-refractivity contribution in [3.05, 3.63) is 65.4 Å². The van der Waals surface area contributed by atoms with E-state index in [0.29, 0.717) is 30.7 Å². The maximum Gasteiger partial charge on any atom is 0.337 e. The third-order valence-electron chi connectivity index (χ3n) is 7.28. The van der Waals surface area contributed by atoms with Crippen LogP contribution in [0, 0.1) is 17.8 Å². The number of carbonyl (C=O) groups is 1. The first-order valence-corrected chi connectivity index (χ1v) is 10.9. The van der Waals surface area contributed by atoms with Crippen molar-refractivity contribution in [3.8, 4) is 5.75 Å². The summed E-state index contributed by atoms with van der Waals surface area (Å²) in [5.74, 6) is -0.603. The van der Waals surface area contributed by atoms with E-state index in [1.54, 1.807) is 19.4 Å². The Kier molecular flexibility index (Phi) is 5.37. The van der Waals surface area contributed by atoms with Gasteiger partial charge in [0.05, 0.1) is 18.2 Å². The van der Waals surface area contributed by atoms with Gasteiger partial charge < -0.3 is 14.8 Å². The minimum Gasteiger partial charge on any atom is -0.496 e. The molecule has 0 bridgehead atoms. The minimum absolute atomic E-state index is 0.0443. The normalized spacial score (nSPS) is 25.5. The first kappa shape index (κ1) is 20.9. The molecule has 4 atom stereocenters. The van der Waals surface area contributed by atoms with Crippen LogP contribution in [0.5, 0.6) is 5.75 Å². The number of rotatable bonds is 6. The predicted molar refractivity (Wildman–Crippen MR) is 117 cm³/mol. The molecule has 1 aromatic heterocycles. The van der Waals surface area contributed by atoms with Gasteiger partial charge in [0.25, 0.3) is 0 Å².